The fourth-order valence-electron chi connectivity index (χ4n) is 1.49. The maximum atomic E-state index is 5.46. The number of nitrogen functional groups attached to an aromatic ring is 1. The van der Waals surface area contributed by atoms with Gasteiger partial charge < -0.3 is 5.73 Å². The molecule has 4 nitrogen and oxygen atoms in total. The Bertz CT molecular complexity index is 265. The number of fused-ring (bicyclic) bond motifs is 1. The summed E-state index contributed by atoms with van der Waals surface area (Å²) >= 11 is 0. The quantitative estimate of drug-likeness (QED) is 0.587. The van der Waals surface area contributed by atoms with Crippen molar-refractivity contribution in [3.8, 4) is 0 Å². The minimum Gasteiger partial charge on any atom is -0.366 e. The Labute approximate surface area is 65.4 Å². The van der Waals surface area contributed by atoms with E-state index in [0.717, 1.165) is 18.8 Å². The summed E-state index contributed by atoms with van der Waals surface area (Å²) in [6.07, 6.45) is 2.23. The lowest BCUT2D eigenvalue weighted by Gasteiger charge is -2.17. The summed E-state index contributed by atoms with van der Waals surface area (Å²) in [5.74, 6) is 2.17. The SMILES string of the molecule is CC1CCc2nc(N)nn2C1. The zero-order valence-electron chi connectivity index (χ0n) is 6.62. The highest BCUT2D eigenvalue weighted by molar-refractivity contribution is 5.14. The minimum absolute atomic E-state index is 0.411. The number of anilines is 1. The van der Waals surface area contributed by atoms with E-state index >= 15 is 0 Å². The highest BCUT2D eigenvalue weighted by Gasteiger charge is 2.17. The van der Waals surface area contributed by atoms with Crippen LogP contribution in [0.4, 0.5) is 5.95 Å². The van der Waals surface area contributed by atoms with Crippen molar-refractivity contribution in [1.82, 2.24) is 14.8 Å². The third kappa shape index (κ3) is 1.08. The van der Waals surface area contributed by atoms with Gasteiger partial charge in [-0.3, -0.25) is 0 Å². The van der Waals surface area contributed by atoms with Gasteiger partial charge in [-0.2, -0.15) is 4.98 Å². The van der Waals surface area contributed by atoms with Crippen molar-refractivity contribution in [3.05, 3.63) is 5.82 Å². The lowest BCUT2D eigenvalue weighted by molar-refractivity contribution is 0.368. The van der Waals surface area contributed by atoms with Crippen LogP contribution >= 0.6 is 0 Å². The van der Waals surface area contributed by atoms with Gasteiger partial charge in [-0.25, -0.2) is 4.68 Å². The van der Waals surface area contributed by atoms with Crippen molar-refractivity contribution < 1.29 is 0 Å². The molecule has 1 atom stereocenters. The molecule has 2 heterocycles. The van der Waals surface area contributed by atoms with Crippen molar-refractivity contribution in [3.63, 3.8) is 0 Å². The van der Waals surface area contributed by atoms with Gasteiger partial charge in [0, 0.05) is 13.0 Å². The second-order valence-electron chi connectivity index (χ2n) is 3.21. The third-order valence-corrected chi connectivity index (χ3v) is 2.11. The summed E-state index contributed by atoms with van der Waals surface area (Å²) in [6, 6.07) is 0. The molecule has 11 heavy (non-hydrogen) atoms. The van der Waals surface area contributed by atoms with Crippen molar-refractivity contribution in [2.45, 2.75) is 26.3 Å². The van der Waals surface area contributed by atoms with Crippen LogP contribution in [0, 0.1) is 5.92 Å². The largest absolute Gasteiger partial charge is 0.366 e. The number of aromatic nitrogens is 3. The van der Waals surface area contributed by atoms with E-state index in [1.807, 2.05) is 4.68 Å². The molecule has 2 N–H and O–H groups in total. The van der Waals surface area contributed by atoms with Gasteiger partial charge in [0.15, 0.2) is 0 Å². The van der Waals surface area contributed by atoms with E-state index < -0.39 is 0 Å². The summed E-state index contributed by atoms with van der Waals surface area (Å²) in [7, 11) is 0. The smallest absolute Gasteiger partial charge is 0.239 e. The lowest BCUT2D eigenvalue weighted by Crippen LogP contribution is -2.18. The molecule has 0 amide bonds. The van der Waals surface area contributed by atoms with Crippen molar-refractivity contribution >= 4 is 5.95 Å². The van der Waals surface area contributed by atoms with E-state index in [1.165, 1.54) is 6.42 Å². The molecule has 60 valence electrons. The predicted molar refractivity (Wildman–Crippen MR) is 41.9 cm³/mol. The second-order valence-corrected chi connectivity index (χ2v) is 3.21. The van der Waals surface area contributed by atoms with Crippen LogP contribution in [0.25, 0.3) is 0 Å². The number of aryl methyl sites for hydroxylation is 1. The molecular formula is C7H12N4. The fourth-order valence-corrected chi connectivity index (χ4v) is 1.49. The molecule has 1 aromatic heterocycles. The Morgan fingerprint density at radius 3 is 3.27 bits per heavy atom. The molecule has 1 aromatic rings. The summed E-state index contributed by atoms with van der Waals surface area (Å²) < 4.78 is 1.92. The van der Waals surface area contributed by atoms with E-state index in [4.69, 9.17) is 5.73 Å². The first-order chi connectivity index (χ1) is 5.25. The van der Waals surface area contributed by atoms with Crippen molar-refractivity contribution in [2.24, 2.45) is 5.92 Å². The Balaban J connectivity index is 2.34. The predicted octanol–water partition coefficient (Wildman–Crippen LogP) is 0.443. The molecule has 4 heteroatoms. The Hall–Kier alpha value is -1.06. The zero-order chi connectivity index (χ0) is 7.84. The zero-order valence-corrected chi connectivity index (χ0v) is 6.62. The molecule has 1 aliphatic heterocycles. The molecule has 0 aromatic carbocycles. The van der Waals surface area contributed by atoms with Crippen LogP contribution in [0.15, 0.2) is 0 Å². The molecule has 0 spiro atoms. The average molecular weight is 152 g/mol. The molecule has 0 aliphatic carbocycles. The van der Waals surface area contributed by atoms with Gasteiger partial charge in [0.2, 0.25) is 5.95 Å². The van der Waals surface area contributed by atoms with Gasteiger partial charge in [0.1, 0.15) is 5.82 Å². The van der Waals surface area contributed by atoms with Crippen LogP contribution in [0.1, 0.15) is 19.2 Å². The Morgan fingerprint density at radius 2 is 2.45 bits per heavy atom. The fraction of sp³-hybridized carbons (Fsp3) is 0.714. The molecule has 2 rings (SSSR count). The molecule has 0 fully saturated rings. The molecule has 0 radical (unpaired) electrons. The van der Waals surface area contributed by atoms with Gasteiger partial charge in [0.05, 0.1) is 0 Å². The molecular weight excluding hydrogens is 140 g/mol. The van der Waals surface area contributed by atoms with Crippen LogP contribution < -0.4 is 5.73 Å². The first-order valence-corrected chi connectivity index (χ1v) is 3.95. The molecule has 0 bridgehead atoms. The third-order valence-electron chi connectivity index (χ3n) is 2.11. The van der Waals surface area contributed by atoms with Crippen molar-refractivity contribution in [1.29, 1.82) is 0 Å². The highest BCUT2D eigenvalue weighted by atomic mass is 15.4. The van der Waals surface area contributed by atoms with Crippen LogP contribution in [0.3, 0.4) is 0 Å². The molecule has 0 saturated heterocycles. The van der Waals surface area contributed by atoms with E-state index in [0.29, 0.717) is 11.9 Å². The number of rotatable bonds is 0. The van der Waals surface area contributed by atoms with Crippen LogP contribution in [0.5, 0.6) is 0 Å². The maximum Gasteiger partial charge on any atom is 0.239 e. The lowest BCUT2D eigenvalue weighted by atomic mass is 10.0. The summed E-state index contributed by atoms with van der Waals surface area (Å²) in [6.45, 7) is 3.19. The number of hydrogen-bond donors (Lipinski definition) is 1. The maximum absolute atomic E-state index is 5.46. The molecule has 0 saturated carbocycles. The summed E-state index contributed by atoms with van der Waals surface area (Å²) in [5, 5.41) is 4.08. The second kappa shape index (κ2) is 2.22. The normalized spacial score (nSPS) is 23.2. The average Bonchev–Trinajstić information content (AvgIpc) is 2.27. The van der Waals surface area contributed by atoms with E-state index in [9.17, 15) is 0 Å². The molecule has 1 unspecified atom stereocenters. The van der Waals surface area contributed by atoms with Gasteiger partial charge in [-0.05, 0) is 12.3 Å². The first-order valence-electron chi connectivity index (χ1n) is 3.95. The minimum atomic E-state index is 0.411. The topological polar surface area (TPSA) is 56.7 Å². The van der Waals surface area contributed by atoms with Gasteiger partial charge in [-0.1, -0.05) is 6.92 Å². The highest BCUT2D eigenvalue weighted by Crippen LogP contribution is 2.17. The van der Waals surface area contributed by atoms with E-state index in [1.54, 1.807) is 0 Å². The van der Waals surface area contributed by atoms with E-state index in [2.05, 4.69) is 17.0 Å². The van der Waals surface area contributed by atoms with Crippen LogP contribution in [0.2, 0.25) is 0 Å². The standard InChI is InChI=1S/C7H12N4/c1-5-2-3-6-9-7(8)10-11(6)4-5/h5H,2-4H2,1H3,(H2,8,10). The number of nitrogens with zero attached hydrogens (tertiary/aromatic N) is 3. The van der Waals surface area contributed by atoms with Gasteiger partial charge in [0.25, 0.3) is 0 Å². The first kappa shape index (κ1) is 6.64. The number of nitrogens with two attached hydrogens (primary N) is 1. The Morgan fingerprint density at radius 1 is 1.64 bits per heavy atom. The summed E-state index contributed by atoms with van der Waals surface area (Å²) in [5.41, 5.74) is 5.46. The van der Waals surface area contributed by atoms with Crippen LogP contribution in [-0.2, 0) is 13.0 Å². The van der Waals surface area contributed by atoms with Gasteiger partial charge >= 0.3 is 0 Å². The van der Waals surface area contributed by atoms with Gasteiger partial charge in [-0.15, -0.1) is 5.10 Å². The Kier molecular flexibility index (Phi) is 1.34. The van der Waals surface area contributed by atoms with E-state index in [-0.39, 0.29) is 0 Å². The van der Waals surface area contributed by atoms with Crippen molar-refractivity contribution in [2.75, 3.05) is 5.73 Å². The summed E-state index contributed by atoms with van der Waals surface area (Å²) in [4.78, 5) is 4.12. The van der Waals surface area contributed by atoms with Crippen LogP contribution in [-0.4, -0.2) is 14.8 Å². The number of hydrogen-bond acceptors (Lipinski definition) is 3. The molecule has 1 aliphatic rings. The monoisotopic (exact) mass is 152 g/mol.